The van der Waals surface area contributed by atoms with Gasteiger partial charge in [-0.3, -0.25) is 4.79 Å². The van der Waals surface area contributed by atoms with Crippen molar-refractivity contribution in [2.24, 2.45) is 0 Å². The fourth-order valence-electron chi connectivity index (χ4n) is 2.58. The highest BCUT2D eigenvalue weighted by Gasteiger charge is 2.27. The van der Waals surface area contributed by atoms with Gasteiger partial charge < -0.3 is 15.4 Å². The topological polar surface area (TPSA) is 50.4 Å². The monoisotopic (exact) mass is 262 g/mol. The van der Waals surface area contributed by atoms with Crippen molar-refractivity contribution in [3.63, 3.8) is 0 Å². The summed E-state index contributed by atoms with van der Waals surface area (Å²) in [5.41, 5.74) is 1.31. The average molecular weight is 262 g/mol. The number of hydrogen-bond acceptors (Lipinski definition) is 3. The second kappa shape index (κ2) is 7.26. The third kappa shape index (κ3) is 4.04. The van der Waals surface area contributed by atoms with Gasteiger partial charge >= 0.3 is 0 Å². The largest absolute Gasteiger partial charge is 0.384 e. The van der Waals surface area contributed by atoms with Crippen molar-refractivity contribution in [1.82, 2.24) is 10.6 Å². The van der Waals surface area contributed by atoms with Crippen LogP contribution in [-0.2, 0) is 9.53 Å². The maximum atomic E-state index is 11.8. The molecule has 2 atom stereocenters. The van der Waals surface area contributed by atoms with Crippen LogP contribution >= 0.6 is 0 Å². The molecule has 0 bridgehead atoms. The van der Waals surface area contributed by atoms with Crippen LogP contribution in [0.5, 0.6) is 0 Å². The summed E-state index contributed by atoms with van der Waals surface area (Å²) in [5.74, 6) is 0.463. The Bertz CT molecular complexity index is 394. The van der Waals surface area contributed by atoms with E-state index in [-0.39, 0.29) is 11.9 Å². The minimum Gasteiger partial charge on any atom is -0.384 e. The van der Waals surface area contributed by atoms with Gasteiger partial charge in [0.25, 0.3) is 0 Å². The highest BCUT2D eigenvalue weighted by atomic mass is 16.5. The molecule has 2 rings (SSSR count). The number of benzene rings is 1. The normalized spacial score (nSPS) is 23.0. The lowest BCUT2D eigenvalue weighted by Gasteiger charge is -2.33. The lowest BCUT2D eigenvalue weighted by Crippen LogP contribution is -2.50. The van der Waals surface area contributed by atoms with Gasteiger partial charge in [-0.05, 0) is 18.5 Å². The predicted octanol–water partition coefficient (Wildman–Crippen LogP) is 1.28. The van der Waals surface area contributed by atoms with Crippen molar-refractivity contribution in [1.29, 1.82) is 0 Å². The van der Waals surface area contributed by atoms with E-state index >= 15 is 0 Å². The first-order chi connectivity index (χ1) is 9.31. The van der Waals surface area contributed by atoms with E-state index in [2.05, 4.69) is 34.9 Å². The Balaban J connectivity index is 1.98. The zero-order chi connectivity index (χ0) is 13.5. The Morgan fingerprint density at radius 3 is 2.95 bits per heavy atom. The average Bonchev–Trinajstić information content (AvgIpc) is 2.46. The van der Waals surface area contributed by atoms with Crippen LogP contribution in [0.15, 0.2) is 30.3 Å². The number of piperidine rings is 1. The predicted molar refractivity (Wildman–Crippen MR) is 75.1 cm³/mol. The second-order valence-electron chi connectivity index (χ2n) is 4.93. The summed E-state index contributed by atoms with van der Waals surface area (Å²) in [4.78, 5) is 11.8. The SMILES string of the molecule is COCCC(=O)NC1CNCCC1c1ccccc1. The summed E-state index contributed by atoms with van der Waals surface area (Å²) >= 11 is 0. The summed E-state index contributed by atoms with van der Waals surface area (Å²) in [6, 6.07) is 10.6. The molecule has 4 heteroatoms. The molecule has 2 N–H and O–H groups in total. The minimum atomic E-state index is 0.0662. The summed E-state index contributed by atoms with van der Waals surface area (Å²) in [7, 11) is 1.61. The highest BCUT2D eigenvalue weighted by molar-refractivity contribution is 5.76. The lowest BCUT2D eigenvalue weighted by atomic mass is 9.86. The Morgan fingerprint density at radius 2 is 2.21 bits per heavy atom. The van der Waals surface area contributed by atoms with Crippen molar-refractivity contribution < 1.29 is 9.53 Å². The van der Waals surface area contributed by atoms with E-state index in [1.165, 1.54) is 5.56 Å². The van der Waals surface area contributed by atoms with Gasteiger partial charge in [0, 0.05) is 32.0 Å². The van der Waals surface area contributed by atoms with Gasteiger partial charge in [0.1, 0.15) is 0 Å². The summed E-state index contributed by atoms with van der Waals surface area (Å²) in [6.45, 7) is 2.31. The van der Waals surface area contributed by atoms with Crippen LogP contribution in [0.1, 0.15) is 24.3 Å². The molecule has 1 aromatic rings. The number of carbonyl (C=O) groups excluding carboxylic acids is 1. The van der Waals surface area contributed by atoms with Crippen LogP contribution in [-0.4, -0.2) is 38.8 Å². The molecule has 1 heterocycles. The first-order valence-electron chi connectivity index (χ1n) is 6.85. The zero-order valence-electron chi connectivity index (χ0n) is 11.4. The molecule has 0 aromatic heterocycles. The molecule has 1 aromatic carbocycles. The summed E-state index contributed by atoms with van der Waals surface area (Å²) in [5, 5.41) is 6.47. The van der Waals surface area contributed by atoms with Gasteiger partial charge in [-0.1, -0.05) is 30.3 Å². The van der Waals surface area contributed by atoms with Crippen LogP contribution < -0.4 is 10.6 Å². The van der Waals surface area contributed by atoms with E-state index in [0.29, 0.717) is 18.9 Å². The molecule has 1 aliphatic rings. The second-order valence-corrected chi connectivity index (χ2v) is 4.93. The van der Waals surface area contributed by atoms with Gasteiger partial charge in [-0.2, -0.15) is 0 Å². The molecule has 1 aliphatic heterocycles. The molecular formula is C15H22N2O2. The van der Waals surface area contributed by atoms with E-state index in [4.69, 9.17) is 4.74 Å². The van der Waals surface area contributed by atoms with Gasteiger partial charge in [0.15, 0.2) is 0 Å². The van der Waals surface area contributed by atoms with E-state index in [9.17, 15) is 4.79 Å². The fourth-order valence-corrected chi connectivity index (χ4v) is 2.58. The van der Waals surface area contributed by atoms with E-state index in [1.807, 2.05) is 6.07 Å². The smallest absolute Gasteiger partial charge is 0.222 e. The maximum Gasteiger partial charge on any atom is 0.222 e. The number of nitrogens with one attached hydrogen (secondary N) is 2. The Labute approximate surface area is 114 Å². The number of hydrogen-bond donors (Lipinski definition) is 2. The number of carbonyl (C=O) groups is 1. The van der Waals surface area contributed by atoms with Crippen LogP contribution in [0.25, 0.3) is 0 Å². The summed E-state index contributed by atoms with van der Waals surface area (Å²) in [6.07, 6.45) is 1.48. The Hall–Kier alpha value is -1.39. The molecule has 1 amide bonds. The van der Waals surface area contributed by atoms with Gasteiger partial charge in [-0.15, -0.1) is 0 Å². The van der Waals surface area contributed by atoms with Gasteiger partial charge in [0.05, 0.1) is 6.61 Å². The molecule has 4 nitrogen and oxygen atoms in total. The molecule has 1 saturated heterocycles. The number of rotatable bonds is 5. The quantitative estimate of drug-likeness (QED) is 0.840. The Morgan fingerprint density at radius 1 is 1.42 bits per heavy atom. The van der Waals surface area contributed by atoms with Crippen LogP contribution in [0, 0.1) is 0 Å². The Kier molecular flexibility index (Phi) is 5.36. The third-order valence-electron chi connectivity index (χ3n) is 3.59. The number of methoxy groups -OCH3 is 1. The molecular weight excluding hydrogens is 240 g/mol. The molecule has 104 valence electrons. The molecule has 2 unspecified atom stereocenters. The third-order valence-corrected chi connectivity index (χ3v) is 3.59. The first-order valence-corrected chi connectivity index (χ1v) is 6.85. The van der Waals surface area contributed by atoms with Gasteiger partial charge in [0.2, 0.25) is 5.91 Å². The van der Waals surface area contributed by atoms with Gasteiger partial charge in [-0.25, -0.2) is 0 Å². The number of ether oxygens (including phenoxy) is 1. The van der Waals surface area contributed by atoms with Crippen LogP contribution in [0.3, 0.4) is 0 Å². The lowest BCUT2D eigenvalue weighted by molar-refractivity contribution is -0.122. The first kappa shape index (κ1) is 14.0. The van der Waals surface area contributed by atoms with Crippen molar-refractivity contribution in [2.45, 2.75) is 24.8 Å². The standard InChI is InChI=1S/C15H22N2O2/c1-19-10-8-15(18)17-14-11-16-9-7-13(14)12-5-3-2-4-6-12/h2-6,13-14,16H,7-11H2,1H3,(H,17,18). The molecule has 0 radical (unpaired) electrons. The van der Waals surface area contributed by atoms with Crippen LogP contribution in [0.2, 0.25) is 0 Å². The molecule has 0 saturated carbocycles. The van der Waals surface area contributed by atoms with Crippen molar-refractivity contribution >= 4 is 5.91 Å². The minimum absolute atomic E-state index is 0.0662. The van der Waals surface area contributed by atoms with Crippen molar-refractivity contribution in [3.8, 4) is 0 Å². The van der Waals surface area contributed by atoms with E-state index in [0.717, 1.165) is 19.5 Å². The van der Waals surface area contributed by atoms with Crippen molar-refractivity contribution in [2.75, 3.05) is 26.8 Å². The highest BCUT2D eigenvalue weighted by Crippen LogP contribution is 2.25. The molecule has 1 fully saturated rings. The summed E-state index contributed by atoms with van der Waals surface area (Å²) < 4.78 is 4.94. The van der Waals surface area contributed by atoms with Crippen LogP contribution in [0.4, 0.5) is 0 Å². The maximum absolute atomic E-state index is 11.8. The molecule has 0 aliphatic carbocycles. The molecule has 19 heavy (non-hydrogen) atoms. The van der Waals surface area contributed by atoms with Crippen molar-refractivity contribution in [3.05, 3.63) is 35.9 Å². The van der Waals surface area contributed by atoms with E-state index in [1.54, 1.807) is 7.11 Å². The zero-order valence-corrected chi connectivity index (χ0v) is 11.4. The van der Waals surface area contributed by atoms with E-state index < -0.39 is 0 Å². The number of amides is 1. The fraction of sp³-hybridized carbons (Fsp3) is 0.533. The molecule has 0 spiro atoms.